The molecule has 210 valence electrons. The monoisotopic (exact) mass is 549 g/mol. The first-order chi connectivity index (χ1) is 18.7. The molecule has 2 aromatic carbocycles. The number of nitrogens with zero attached hydrogens (tertiary/aromatic N) is 1. The van der Waals surface area contributed by atoms with Crippen LogP contribution < -0.4 is 11.1 Å². The number of nitrogens with one attached hydrogen (secondary N) is 1. The maximum atomic E-state index is 11.9. The number of carboxylic acids is 1. The lowest BCUT2D eigenvalue weighted by Crippen LogP contribution is -2.48. The van der Waals surface area contributed by atoms with Gasteiger partial charge in [-0.1, -0.05) is 73.7 Å². The van der Waals surface area contributed by atoms with Crippen LogP contribution in [-0.2, 0) is 20.5 Å². The number of hydrogen-bond acceptors (Lipinski definition) is 5. The normalized spacial score (nSPS) is 19.2. The van der Waals surface area contributed by atoms with Crippen LogP contribution in [-0.4, -0.2) is 48.6 Å². The summed E-state index contributed by atoms with van der Waals surface area (Å²) in [5.41, 5.74) is 8.49. The fourth-order valence-electron chi connectivity index (χ4n) is 5.41. The number of carboxylic acid groups (broad SMARTS) is 1. The van der Waals surface area contributed by atoms with Crippen molar-refractivity contribution in [3.8, 4) is 0 Å². The highest BCUT2D eigenvalue weighted by molar-refractivity contribution is 7.10. The first-order valence-corrected chi connectivity index (χ1v) is 14.6. The Hall–Kier alpha value is -3.00. The first-order valence-electron chi connectivity index (χ1n) is 13.7. The van der Waals surface area contributed by atoms with E-state index in [0.29, 0.717) is 19.4 Å². The van der Waals surface area contributed by atoms with Crippen molar-refractivity contribution in [1.29, 1.82) is 0 Å². The fourth-order valence-corrected chi connectivity index (χ4v) is 6.48. The number of benzene rings is 2. The lowest BCUT2D eigenvalue weighted by atomic mass is 9.76. The van der Waals surface area contributed by atoms with Gasteiger partial charge in [-0.2, -0.15) is 0 Å². The molecule has 1 fully saturated rings. The van der Waals surface area contributed by atoms with E-state index < -0.39 is 5.97 Å². The predicted molar refractivity (Wildman–Crippen MR) is 160 cm³/mol. The lowest BCUT2D eigenvalue weighted by Gasteiger charge is -2.44. The maximum absolute atomic E-state index is 11.9. The molecule has 1 saturated carbocycles. The third kappa shape index (κ3) is 8.01. The average Bonchev–Trinajstić information content (AvgIpc) is 3.50. The van der Waals surface area contributed by atoms with Crippen LogP contribution in [0.2, 0.25) is 0 Å². The zero-order chi connectivity index (χ0) is 28.3. The Labute approximate surface area is 237 Å². The summed E-state index contributed by atoms with van der Waals surface area (Å²) in [5.74, 6) is -0.869. The Bertz CT molecular complexity index is 1100. The minimum atomic E-state index is -0.845. The molecule has 1 amide bonds. The number of nitrogens with two attached hydrogens (primary N) is 1. The highest BCUT2D eigenvalue weighted by atomic mass is 32.1. The van der Waals surface area contributed by atoms with Gasteiger partial charge in [0, 0.05) is 35.7 Å². The molecule has 0 radical (unpaired) electrons. The van der Waals surface area contributed by atoms with Crippen LogP contribution in [0.3, 0.4) is 0 Å². The summed E-state index contributed by atoms with van der Waals surface area (Å²) in [6.07, 6.45) is 4.74. The Kier molecular flexibility index (Phi) is 11.3. The Balaban J connectivity index is 0.000000230. The van der Waals surface area contributed by atoms with Crippen molar-refractivity contribution < 1.29 is 14.7 Å². The van der Waals surface area contributed by atoms with Gasteiger partial charge in [-0.25, -0.2) is 0 Å². The van der Waals surface area contributed by atoms with Gasteiger partial charge in [-0.15, -0.1) is 11.3 Å². The summed E-state index contributed by atoms with van der Waals surface area (Å²) in [6, 6.07) is 25.4. The van der Waals surface area contributed by atoms with Crippen molar-refractivity contribution in [1.82, 2.24) is 10.2 Å². The van der Waals surface area contributed by atoms with Crippen LogP contribution in [0, 0.1) is 0 Å². The molecule has 0 saturated heterocycles. The van der Waals surface area contributed by atoms with Crippen molar-refractivity contribution >= 4 is 23.2 Å². The molecular formula is C32H43N3O3S. The minimum Gasteiger partial charge on any atom is -0.481 e. The van der Waals surface area contributed by atoms with Gasteiger partial charge in [-0.05, 0) is 68.8 Å². The van der Waals surface area contributed by atoms with Gasteiger partial charge in [0.1, 0.15) is 0 Å². The van der Waals surface area contributed by atoms with Crippen LogP contribution in [0.5, 0.6) is 0 Å². The average molecular weight is 550 g/mol. The Morgan fingerprint density at radius 2 is 1.54 bits per heavy atom. The minimum absolute atomic E-state index is 0.0234. The molecule has 0 bridgehead atoms. The molecule has 0 aliphatic heterocycles. The molecule has 0 unspecified atom stereocenters. The molecule has 3 aromatic rings. The van der Waals surface area contributed by atoms with Crippen molar-refractivity contribution in [2.75, 3.05) is 20.6 Å². The van der Waals surface area contributed by atoms with Crippen molar-refractivity contribution in [3.63, 3.8) is 0 Å². The van der Waals surface area contributed by atoms with E-state index in [1.54, 1.807) is 11.3 Å². The number of thiophene rings is 1. The van der Waals surface area contributed by atoms with E-state index in [1.165, 1.54) is 16.0 Å². The van der Waals surface area contributed by atoms with Crippen molar-refractivity contribution in [2.45, 2.75) is 68.9 Å². The molecule has 1 heterocycles. The lowest BCUT2D eigenvalue weighted by molar-refractivity contribution is -0.137. The summed E-state index contributed by atoms with van der Waals surface area (Å²) < 4.78 is 0. The highest BCUT2D eigenvalue weighted by Crippen LogP contribution is 2.43. The predicted octanol–water partition coefficient (Wildman–Crippen LogP) is 5.77. The summed E-state index contributed by atoms with van der Waals surface area (Å²) in [4.78, 5) is 26.1. The van der Waals surface area contributed by atoms with Crippen LogP contribution >= 0.6 is 11.3 Å². The SMILES string of the molecule is CC(CN)(c1ccccc1)c1ccccc1.CN(C)C1(c2cccs2)CCC(NC(=O)CCCC(=O)O)CC1. The fraction of sp³-hybridized carbons (Fsp3) is 0.438. The smallest absolute Gasteiger partial charge is 0.303 e. The van der Waals surface area contributed by atoms with Crippen molar-refractivity contribution in [3.05, 3.63) is 94.2 Å². The van der Waals surface area contributed by atoms with E-state index >= 15 is 0 Å². The number of aliphatic carboxylic acids is 1. The van der Waals surface area contributed by atoms with E-state index in [-0.39, 0.29) is 29.3 Å². The molecule has 1 aromatic heterocycles. The summed E-state index contributed by atoms with van der Waals surface area (Å²) in [6.45, 7) is 2.80. The van der Waals surface area contributed by atoms with Gasteiger partial charge in [0.05, 0.1) is 5.54 Å². The number of rotatable bonds is 10. The summed E-state index contributed by atoms with van der Waals surface area (Å²) >= 11 is 1.80. The first kappa shape index (κ1) is 30.5. The van der Waals surface area contributed by atoms with Gasteiger partial charge in [0.15, 0.2) is 0 Å². The highest BCUT2D eigenvalue weighted by Gasteiger charge is 2.39. The van der Waals surface area contributed by atoms with Crippen LogP contribution in [0.4, 0.5) is 0 Å². The molecule has 6 nitrogen and oxygen atoms in total. The van der Waals surface area contributed by atoms with Gasteiger partial charge in [0.2, 0.25) is 5.91 Å². The second-order valence-electron chi connectivity index (χ2n) is 10.8. The third-order valence-electron chi connectivity index (χ3n) is 8.04. The topological polar surface area (TPSA) is 95.7 Å². The van der Waals surface area contributed by atoms with E-state index in [4.69, 9.17) is 10.8 Å². The second kappa shape index (κ2) is 14.4. The number of carbonyl (C=O) groups excluding carboxylic acids is 1. The zero-order valence-corrected chi connectivity index (χ0v) is 24.3. The van der Waals surface area contributed by atoms with Crippen LogP contribution in [0.15, 0.2) is 78.2 Å². The summed E-state index contributed by atoms with van der Waals surface area (Å²) in [5, 5.41) is 13.8. The number of carbonyl (C=O) groups is 2. The van der Waals surface area contributed by atoms with Crippen molar-refractivity contribution in [2.24, 2.45) is 5.73 Å². The molecule has 39 heavy (non-hydrogen) atoms. The standard InChI is InChI=1S/C17H26N2O3S.C15H17N/c1-19(2)17(14-5-4-12-23-14)10-8-13(9-11-17)18-15(20)6-3-7-16(21)22;1-15(12-16,13-8-4-2-5-9-13)14-10-6-3-7-11-14/h4-5,12-13H,3,6-11H2,1-2H3,(H,18,20)(H,21,22);2-11H,12,16H2,1H3. The Morgan fingerprint density at radius 1 is 0.974 bits per heavy atom. The quantitative estimate of drug-likeness (QED) is 0.298. The van der Waals surface area contributed by atoms with Gasteiger partial charge < -0.3 is 16.2 Å². The molecule has 7 heteroatoms. The maximum Gasteiger partial charge on any atom is 0.303 e. The molecule has 0 spiro atoms. The molecule has 4 rings (SSSR count). The van der Waals surface area contributed by atoms with Gasteiger partial charge in [0.25, 0.3) is 0 Å². The van der Waals surface area contributed by atoms with Gasteiger partial charge >= 0.3 is 5.97 Å². The molecule has 1 aliphatic carbocycles. The number of hydrogen-bond donors (Lipinski definition) is 3. The van der Waals surface area contributed by atoms with Gasteiger partial charge in [-0.3, -0.25) is 14.5 Å². The summed E-state index contributed by atoms with van der Waals surface area (Å²) in [7, 11) is 4.26. The zero-order valence-electron chi connectivity index (χ0n) is 23.4. The van der Waals surface area contributed by atoms with E-state index in [9.17, 15) is 9.59 Å². The van der Waals surface area contributed by atoms with E-state index in [0.717, 1.165) is 25.7 Å². The second-order valence-corrected chi connectivity index (χ2v) is 11.7. The van der Waals surface area contributed by atoms with Crippen LogP contribution in [0.25, 0.3) is 0 Å². The largest absolute Gasteiger partial charge is 0.481 e. The van der Waals surface area contributed by atoms with Crippen LogP contribution in [0.1, 0.15) is 67.9 Å². The Morgan fingerprint density at radius 3 is 1.97 bits per heavy atom. The van der Waals surface area contributed by atoms with E-state index in [1.807, 2.05) is 12.1 Å². The third-order valence-corrected chi connectivity index (χ3v) is 9.10. The molecule has 0 atom stereocenters. The van der Waals surface area contributed by atoms with E-state index in [2.05, 4.69) is 97.3 Å². The molecular weight excluding hydrogens is 506 g/mol. The molecule has 4 N–H and O–H groups in total. The molecule has 1 aliphatic rings. The number of amides is 1.